The Balaban J connectivity index is 1.49. The molecule has 0 aliphatic carbocycles. The smallest absolute Gasteiger partial charge is 0.311 e. The lowest BCUT2D eigenvalue weighted by Crippen LogP contribution is -2.49. The van der Waals surface area contributed by atoms with Gasteiger partial charge in [0.15, 0.2) is 11.8 Å². The standard InChI is InChI=1S/C24H29Br4N3O6/c1-31(2,3)8-6-14-10-15(25)21(16(26)11-14)35-9-5-7-29-23(33)19-22(32)24(37-30-19)12-17(27)20(34-4)18(28)13-36-24/h10-11,13,22,32H,5-9,12H2,1-4H3/p+1/t22-,24-/m0/s1. The van der Waals surface area contributed by atoms with Gasteiger partial charge in [0.25, 0.3) is 5.91 Å². The molecule has 1 spiro atoms. The largest absolute Gasteiger partial charge is 0.495 e. The lowest BCUT2D eigenvalue weighted by molar-refractivity contribution is -0.870. The Morgan fingerprint density at radius 1 is 1.24 bits per heavy atom. The molecule has 0 saturated heterocycles. The number of ether oxygens (including phenoxy) is 3. The number of oxime groups is 1. The van der Waals surface area contributed by atoms with Crippen molar-refractivity contribution in [3.8, 4) is 5.75 Å². The number of aliphatic hydroxyl groups is 1. The van der Waals surface area contributed by atoms with Crippen molar-refractivity contribution >= 4 is 75.3 Å². The van der Waals surface area contributed by atoms with Crippen LogP contribution in [0.1, 0.15) is 18.4 Å². The van der Waals surface area contributed by atoms with E-state index in [9.17, 15) is 9.90 Å². The molecule has 0 aromatic heterocycles. The summed E-state index contributed by atoms with van der Waals surface area (Å²) in [4.78, 5) is 18.1. The number of nitrogens with one attached hydrogen (secondary N) is 1. The summed E-state index contributed by atoms with van der Waals surface area (Å²) in [5, 5.41) is 17.4. The molecule has 0 bridgehead atoms. The van der Waals surface area contributed by atoms with E-state index in [2.05, 4.69) is 107 Å². The molecule has 204 valence electrons. The van der Waals surface area contributed by atoms with Gasteiger partial charge < -0.3 is 34.0 Å². The van der Waals surface area contributed by atoms with E-state index in [1.54, 1.807) is 0 Å². The molecule has 2 atom stereocenters. The summed E-state index contributed by atoms with van der Waals surface area (Å²) in [5.41, 5.74) is 1.05. The van der Waals surface area contributed by atoms with Gasteiger partial charge in [-0.3, -0.25) is 4.79 Å². The maximum Gasteiger partial charge on any atom is 0.311 e. The van der Waals surface area contributed by atoms with E-state index >= 15 is 0 Å². The van der Waals surface area contributed by atoms with E-state index < -0.39 is 17.8 Å². The number of aliphatic hydroxyl groups excluding tert-OH is 1. The van der Waals surface area contributed by atoms with Gasteiger partial charge in [-0.2, -0.15) is 0 Å². The van der Waals surface area contributed by atoms with Gasteiger partial charge in [-0.05, 0) is 71.9 Å². The average molecular weight is 776 g/mol. The first kappa shape index (κ1) is 30.4. The number of allylic oxidation sites excluding steroid dienone is 1. The van der Waals surface area contributed by atoms with E-state index in [4.69, 9.17) is 19.0 Å². The molecule has 3 rings (SSSR count). The van der Waals surface area contributed by atoms with Gasteiger partial charge in [0.1, 0.15) is 17.8 Å². The van der Waals surface area contributed by atoms with Crippen LogP contribution in [-0.4, -0.2) is 81.0 Å². The molecule has 2 N–H and O–H groups in total. The van der Waals surface area contributed by atoms with Crippen LogP contribution in [0.15, 0.2) is 47.2 Å². The van der Waals surface area contributed by atoms with E-state index in [0.29, 0.717) is 40.0 Å². The van der Waals surface area contributed by atoms with Gasteiger partial charge in [-0.25, -0.2) is 0 Å². The topological polar surface area (TPSA) is 98.6 Å². The maximum atomic E-state index is 12.7. The number of halogens is 4. The highest BCUT2D eigenvalue weighted by molar-refractivity contribution is 9.12. The van der Waals surface area contributed by atoms with Crippen LogP contribution >= 0.6 is 63.7 Å². The predicted molar refractivity (Wildman–Crippen MR) is 154 cm³/mol. The summed E-state index contributed by atoms with van der Waals surface area (Å²) in [6.45, 7) is 1.72. The summed E-state index contributed by atoms with van der Waals surface area (Å²) in [6.07, 6.45) is 1.51. The quantitative estimate of drug-likeness (QED) is 0.265. The molecule has 37 heavy (non-hydrogen) atoms. The van der Waals surface area contributed by atoms with Crippen molar-refractivity contribution in [3.63, 3.8) is 0 Å². The minimum Gasteiger partial charge on any atom is -0.495 e. The number of carbonyl (C=O) groups is 1. The van der Waals surface area contributed by atoms with Crippen LogP contribution in [0.25, 0.3) is 0 Å². The number of methoxy groups -OCH3 is 1. The van der Waals surface area contributed by atoms with Crippen LogP contribution in [0.5, 0.6) is 5.75 Å². The zero-order valence-electron chi connectivity index (χ0n) is 20.9. The number of amides is 1. The maximum absolute atomic E-state index is 12.7. The zero-order chi connectivity index (χ0) is 27.4. The Hall–Kier alpha value is -1.12. The van der Waals surface area contributed by atoms with Gasteiger partial charge in [0, 0.05) is 17.4 Å². The first-order chi connectivity index (χ1) is 17.4. The van der Waals surface area contributed by atoms with Gasteiger partial charge in [-0.15, -0.1) is 0 Å². The van der Waals surface area contributed by atoms with E-state index in [0.717, 1.165) is 26.4 Å². The molecular formula is C24H30Br4N3O6+. The number of carbonyl (C=O) groups excluding carboxylic acids is 1. The van der Waals surface area contributed by atoms with Gasteiger partial charge in [0.05, 0.1) is 61.3 Å². The fourth-order valence-corrected chi connectivity index (χ4v) is 6.63. The van der Waals surface area contributed by atoms with Crippen LogP contribution in [0.4, 0.5) is 0 Å². The van der Waals surface area contributed by atoms with E-state index in [1.807, 2.05) is 0 Å². The molecule has 1 aromatic rings. The number of quaternary nitrogens is 1. The molecule has 0 fully saturated rings. The number of hydrogen-bond acceptors (Lipinski definition) is 7. The molecule has 1 amide bonds. The second-order valence-electron chi connectivity index (χ2n) is 9.59. The van der Waals surface area contributed by atoms with E-state index in [-0.39, 0.29) is 12.1 Å². The number of benzene rings is 1. The van der Waals surface area contributed by atoms with Crippen molar-refractivity contribution in [1.82, 2.24) is 5.32 Å². The minimum absolute atomic E-state index is 0.0783. The van der Waals surface area contributed by atoms with Gasteiger partial charge in [-0.1, -0.05) is 21.1 Å². The molecule has 2 aliphatic rings. The Labute approximate surface area is 250 Å². The molecule has 0 saturated carbocycles. The molecule has 0 radical (unpaired) electrons. The van der Waals surface area contributed by atoms with Crippen LogP contribution in [0.3, 0.4) is 0 Å². The van der Waals surface area contributed by atoms with Crippen molar-refractivity contribution in [2.75, 3.05) is 47.9 Å². The van der Waals surface area contributed by atoms with Crippen molar-refractivity contribution in [1.29, 1.82) is 0 Å². The molecule has 1 aromatic carbocycles. The molecule has 9 nitrogen and oxygen atoms in total. The number of likely N-dealkylation sites (N-methyl/N-ethyl adjacent to an activating group) is 1. The highest BCUT2D eigenvalue weighted by Crippen LogP contribution is 2.41. The Bertz CT molecular complexity index is 1100. The number of hydrogen-bond donors (Lipinski definition) is 2. The fraction of sp³-hybridized carbons (Fsp3) is 0.500. The van der Waals surface area contributed by atoms with Crippen LogP contribution in [-0.2, 0) is 25.5 Å². The third kappa shape index (κ3) is 7.72. The van der Waals surface area contributed by atoms with Crippen LogP contribution in [0, 0.1) is 0 Å². The summed E-state index contributed by atoms with van der Waals surface area (Å²) in [7, 11) is 8.01. The third-order valence-corrected chi connectivity index (χ3v) is 7.99. The molecule has 13 heteroatoms. The van der Waals surface area contributed by atoms with Gasteiger partial charge in [0.2, 0.25) is 0 Å². The van der Waals surface area contributed by atoms with Crippen LogP contribution in [0.2, 0.25) is 0 Å². The average Bonchev–Trinajstić information content (AvgIpc) is 3.06. The first-order valence-corrected chi connectivity index (χ1v) is 14.6. The first-order valence-electron chi connectivity index (χ1n) is 11.5. The van der Waals surface area contributed by atoms with Crippen molar-refractivity contribution in [2.24, 2.45) is 5.16 Å². The van der Waals surface area contributed by atoms with Crippen molar-refractivity contribution in [3.05, 3.63) is 47.6 Å². The van der Waals surface area contributed by atoms with Gasteiger partial charge >= 0.3 is 5.79 Å². The molecule has 2 heterocycles. The fourth-order valence-electron chi connectivity index (χ4n) is 3.59. The number of rotatable bonds is 10. The molecular weight excluding hydrogens is 746 g/mol. The monoisotopic (exact) mass is 772 g/mol. The third-order valence-electron chi connectivity index (χ3n) is 5.62. The second-order valence-corrected chi connectivity index (χ2v) is 13.1. The highest BCUT2D eigenvalue weighted by Gasteiger charge is 2.54. The normalized spacial score (nSPS) is 21.6. The number of nitrogens with zero attached hydrogens (tertiary/aromatic N) is 2. The molecule has 2 aliphatic heterocycles. The summed E-state index contributed by atoms with van der Waals surface area (Å²) >= 11 is 14.0. The summed E-state index contributed by atoms with van der Waals surface area (Å²) in [5.74, 6) is -0.922. The lowest BCUT2D eigenvalue weighted by Gasteiger charge is -2.27. The SMILES string of the molecule is COC1=C(Br)C[C@]2(OC=C1Br)ON=C(C(=O)NCCCOc1c(Br)cc(CC[N+](C)(C)C)cc1Br)[C@@H]2O. The minimum atomic E-state index is -1.58. The lowest BCUT2D eigenvalue weighted by atomic mass is 10.0. The predicted octanol–water partition coefficient (Wildman–Crippen LogP) is 4.70. The second kappa shape index (κ2) is 12.8. The Morgan fingerprint density at radius 3 is 2.54 bits per heavy atom. The Morgan fingerprint density at radius 2 is 1.92 bits per heavy atom. The highest BCUT2D eigenvalue weighted by atomic mass is 79.9. The van der Waals surface area contributed by atoms with E-state index in [1.165, 1.54) is 18.9 Å². The summed E-state index contributed by atoms with van der Waals surface area (Å²) in [6, 6.07) is 4.14. The Kier molecular flexibility index (Phi) is 10.5. The zero-order valence-corrected chi connectivity index (χ0v) is 27.3. The summed E-state index contributed by atoms with van der Waals surface area (Å²) < 4.78 is 20.7. The van der Waals surface area contributed by atoms with Crippen molar-refractivity contribution in [2.45, 2.75) is 31.2 Å². The van der Waals surface area contributed by atoms with Crippen LogP contribution < -0.4 is 10.1 Å². The molecule has 0 unspecified atom stereocenters. The van der Waals surface area contributed by atoms with Crippen molar-refractivity contribution < 1.29 is 33.4 Å².